The fraction of sp³-hybridized carbons (Fsp3) is 0.158. The molecular weight excluding hydrogens is 332 g/mol. The molecule has 1 aromatic heterocycles. The first kappa shape index (κ1) is 17.3. The van der Waals surface area contributed by atoms with Crippen LogP contribution in [0.3, 0.4) is 0 Å². The molecule has 3 aromatic rings. The third kappa shape index (κ3) is 3.77. The van der Waals surface area contributed by atoms with Gasteiger partial charge in [-0.1, -0.05) is 30.3 Å². The zero-order chi connectivity index (χ0) is 18.5. The van der Waals surface area contributed by atoms with E-state index in [0.717, 1.165) is 5.56 Å². The van der Waals surface area contributed by atoms with Gasteiger partial charge in [0.2, 0.25) is 5.91 Å². The molecule has 2 amide bonds. The normalized spacial score (nSPS) is 10.5. The maximum atomic E-state index is 12.4. The molecule has 0 unspecified atom stereocenters. The minimum atomic E-state index is -0.396. The van der Waals surface area contributed by atoms with Gasteiger partial charge in [0.05, 0.1) is 17.2 Å². The van der Waals surface area contributed by atoms with Gasteiger partial charge in [-0.2, -0.15) is 0 Å². The fourth-order valence-corrected chi connectivity index (χ4v) is 2.57. The van der Waals surface area contributed by atoms with E-state index in [4.69, 9.17) is 0 Å². The van der Waals surface area contributed by atoms with E-state index in [0.29, 0.717) is 16.5 Å². The van der Waals surface area contributed by atoms with Gasteiger partial charge in [-0.05, 0) is 30.7 Å². The number of hydrazine groups is 1. The zero-order valence-electron chi connectivity index (χ0n) is 14.2. The Bertz CT molecular complexity index is 1030. The summed E-state index contributed by atoms with van der Waals surface area (Å²) in [7, 11) is 0. The van der Waals surface area contributed by atoms with Gasteiger partial charge >= 0.3 is 0 Å². The van der Waals surface area contributed by atoms with E-state index in [1.165, 1.54) is 10.9 Å². The molecule has 0 aliphatic rings. The number of benzene rings is 2. The van der Waals surface area contributed by atoms with Gasteiger partial charge in [-0.25, -0.2) is 4.98 Å². The van der Waals surface area contributed by atoms with E-state index in [9.17, 15) is 14.4 Å². The molecule has 7 nitrogen and oxygen atoms in total. The third-order valence-electron chi connectivity index (χ3n) is 4.02. The van der Waals surface area contributed by atoms with E-state index >= 15 is 0 Å². The predicted molar refractivity (Wildman–Crippen MR) is 97.4 cm³/mol. The Labute approximate surface area is 149 Å². The van der Waals surface area contributed by atoms with E-state index in [1.807, 2.05) is 25.1 Å². The first-order chi connectivity index (χ1) is 12.6. The third-order valence-corrected chi connectivity index (χ3v) is 4.02. The van der Waals surface area contributed by atoms with Crippen molar-refractivity contribution in [2.45, 2.75) is 19.9 Å². The highest BCUT2D eigenvalue weighted by Gasteiger charge is 2.10. The number of para-hydroxylation sites is 1. The number of nitrogens with one attached hydrogen (secondary N) is 2. The number of fused-ring (bicyclic) bond motifs is 1. The van der Waals surface area contributed by atoms with Crippen LogP contribution < -0.4 is 16.4 Å². The standard InChI is InChI=1S/C19H18N4O3/c1-13-6-2-3-7-14(13)18(25)22-21-17(24)10-11-23-12-20-16-9-5-4-8-15(16)19(23)26/h2-9,12H,10-11H2,1H3,(H,21,24)(H,22,25). The summed E-state index contributed by atoms with van der Waals surface area (Å²) in [4.78, 5) is 40.6. The minimum absolute atomic E-state index is 0.0357. The SMILES string of the molecule is Cc1ccccc1C(=O)NNC(=O)CCn1cnc2ccccc2c1=O. The largest absolute Gasteiger partial charge is 0.298 e. The Morgan fingerprint density at radius 3 is 2.58 bits per heavy atom. The van der Waals surface area contributed by atoms with Crippen LogP contribution in [0.2, 0.25) is 0 Å². The van der Waals surface area contributed by atoms with Crippen LogP contribution in [0.4, 0.5) is 0 Å². The summed E-state index contributed by atoms with van der Waals surface area (Å²) in [6.07, 6.45) is 1.46. The molecule has 0 aliphatic heterocycles. The Morgan fingerprint density at radius 2 is 1.77 bits per heavy atom. The summed E-state index contributed by atoms with van der Waals surface area (Å²) in [6, 6.07) is 14.1. The van der Waals surface area contributed by atoms with Crippen molar-refractivity contribution in [1.82, 2.24) is 20.4 Å². The molecule has 2 N–H and O–H groups in total. The number of aryl methyl sites for hydroxylation is 2. The number of carbonyl (C=O) groups is 2. The second-order valence-electron chi connectivity index (χ2n) is 5.83. The topological polar surface area (TPSA) is 93.1 Å². The van der Waals surface area contributed by atoms with Crippen LogP contribution in [0.15, 0.2) is 59.7 Å². The average molecular weight is 350 g/mol. The molecule has 0 spiro atoms. The summed E-state index contributed by atoms with van der Waals surface area (Å²) in [5.74, 6) is -0.784. The number of amides is 2. The smallest absolute Gasteiger partial charge is 0.269 e. The molecular formula is C19H18N4O3. The van der Waals surface area contributed by atoms with Crippen molar-refractivity contribution in [2.75, 3.05) is 0 Å². The first-order valence-electron chi connectivity index (χ1n) is 8.15. The molecule has 0 aliphatic carbocycles. The van der Waals surface area contributed by atoms with Crippen molar-refractivity contribution in [1.29, 1.82) is 0 Å². The molecule has 1 heterocycles. The Hall–Kier alpha value is -3.48. The Morgan fingerprint density at radius 1 is 1.04 bits per heavy atom. The monoisotopic (exact) mass is 350 g/mol. The van der Waals surface area contributed by atoms with E-state index in [1.54, 1.807) is 30.3 Å². The van der Waals surface area contributed by atoms with E-state index < -0.39 is 5.91 Å². The molecule has 0 bridgehead atoms. The van der Waals surface area contributed by atoms with Gasteiger partial charge in [0, 0.05) is 18.5 Å². The van der Waals surface area contributed by atoms with Crippen LogP contribution in [-0.4, -0.2) is 21.4 Å². The van der Waals surface area contributed by atoms with Crippen molar-refractivity contribution in [3.8, 4) is 0 Å². The van der Waals surface area contributed by atoms with Crippen molar-refractivity contribution >= 4 is 22.7 Å². The molecule has 0 radical (unpaired) electrons. The summed E-state index contributed by atoms with van der Waals surface area (Å²) in [6.45, 7) is 1.98. The van der Waals surface area contributed by atoms with Gasteiger partial charge in [0.15, 0.2) is 0 Å². The number of carbonyl (C=O) groups excluding carboxylic acids is 2. The molecule has 0 fully saturated rings. The summed E-state index contributed by atoms with van der Waals surface area (Å²) in [5.41, 5.74) is 6.45. The summed E-state index contributed by atoms with van der Waals surface area (Å²) < 4.78 is 1.38. The molecule has 0 saturated heterocycles. The lowest BCUT2D eigenvalue weighted by Crippen LogP contribution is -2.42. The predicted octanol–water partition coefficient (Wildman–Crippen LogP) is 1.56. The number of hydrogen-bond acceptors (Lipinski definition) is 4. The lowest BCUT2D eigenvalue weighted by molar-refractivity contribution is -0.122. The average Bonchev–Trinajstić information content (AvgIpc) is 2.66. The van der Waals surface area contributed by atoms with Crippen LogP contribution in [0.5, 0.6) is 0 Å². The number of nitrogens with zero attached hydrogens (tertiary/aromatic N) is 2. The zero-order valence-corrected chi connectivity index (χ0v) is 14.2. The maximum Gasteiger partial charge on any atom is 0.269 e. The minimum Gasteiger partial charge on any atom is -0.298 e. The highest BCUT2D eigenvalue weighted by Crippen LogP contribution is 2.06. The van der Waals surface area contributed by atoms with E-state index in [2.05, 4.69) is 15.8 Å². The first-order valence-corrected chi connectivity index (χ1v) is 8.15. The Kier molecular flexibility index (Phi) is 5.07. The lowest BCUT2D eigenvalue weighted by atomic mass is 10.1. The number of hydrogen-bond donors (Lipinski definition) is 2. The summed E-state index contributed by atoms with van der Waals surface area (Å²) in [5, 5.41) is 0.503. The second kappa shape index (κ2) is 7.60. The van der Waals surface area contributed by atoms with Gasteiger partial charge in [-0.3, -0.25) is 29.8 Å². The van der Waals surface area contributed by atoms with Gasteiger partial charge in [0.1, 0.15) is 0 Å². The molecule has 3 rings (SSSR count). The maximum absolute atomic E-state index is 12.4. The molecule has 0 atom stereocenters. The summed E-state index contributed by atoms with van der Waals surface area (Å²) >= 11 is 0. The molecule has 132 valence electrons. The van der Waals surface area contributed by atoms with Gasteiger partial charge in [0.25, 0.3) is 11.5 Å². The quantitative estimate of drug-likeness (QED) is 0.698. The van der Waals surface area contributed by atoms with Crippen LogP contribution in [-0.2, 0) is 11.3 Å². The number of aromatic nitrogens is 2. The van der Waals surface area contributed by atoms with E-state index in [-0.39, 0.29) is 24.4 Å². The van der Waals surface area contributed by atoms with Crippen LogP contribution >= 0.6 is 0 Å². The highest BCUT2D eigenvalue weighted by atomic mass is 16.2. The number of rotatable bonds is 4. The second-order valence-corrected chi connectivity index (χ2v) is 5.83. The van der Waals surface area contributed by atoms with Crippen molar-refractivity contribution in [2.24, 2.45) is 0 Å². The molecule has 2 aromatic carbocycles. The van der Waals surface area contributed by atoms with Gasteiger partial charge < -0.3 is 0 Å². The fourth-order valence-electron chi connectivity index (χ4n) is 2.57. The Balaban J connectivity index is 1.58. The van der Waals surface area contributed by atoms with Crippen LogP contribution in [0, 0.1) is 6.92 Å². The van der Waals surface area contributed by atoms with Crippen molar-refractivity contribution in [3.05, 3.63) is 76.3 Å². The molecule has 26 heavy (non-hydrogen) atoms. The molecule has 0 saturated carbocycles. The van der Waals surface area contributed by atoms with Crippen LogP contribution in [0.1, 0.15) is 22.3 Å². The molecule has 7 heteroatoms. The van der Waals surface area contributed by atoms with Gasteiger partial charge in [-0.15, -0.1) is 0 Å². The van der Waals surface area contributed by atoms with Crippen LogP contribution in [0.25, 0.3) is 10.9 Å². The highest BCUT2D eigenvalue weighted by molar-refractivity contribution is 5.96. The van der Waals surface area contributed by atoms with Crippen molar-refractivity contribution < 1.29 is 9.59 Å². The lowest BCUT2D eigenvalue weighted by Gasteiger charge is -2.10. The van der Waals surface area contributed by atoms with Crippen molar-refractivity contribution in [3.63, 3.8) is 0 Å².